The highest BCUT2D eigenvalue weighted by atomic mass is 35.5. The molecule has 2 nitrogen and oxygen atoms in total. The standard InChI is InChI=1S/C14H18ClNO/c1-4-9(2)14(15)10-5-6-12-11(7-10)8-13(17)16(12)3/h5-7,9,14H,4,8H2,1-3H3. The lowest BCUT2D eigenvalue weighted by molar-refractivity contribution is -0.117. The number of nitrogens with zero attached hydrogens (tertiary/aromatic N) is 1. The van der Waals surface area contributed by atoms with Gasteiger partial charge in [0.05, 0.1) is 11.8 Å². The molecule has 1 aliphatic rings. The number of hydrogen-bond donors (Lipinski definition) is 0. The van der Waals surface area contributed by atoms with Crippen LogP contribution in [0.1, 0.15) is 36.8 Å². The number of carbonyl (C=O) groups excluding carboxylic acids is 1. The van der Waals surface area contributed by atoms with E-state index in [4.69, 9.17) is 11.6 Å². The molecular weight excluding hydrogens is 234 g/mol. The van der Waals surface area contributed by atoms with Gasteiger partial charge in [0, 0.05) is 12.7 Å². The second-order valence-electron chi connectivity index (χ2n) is 4.80. The number of rotatable bonds is 3. The van der Waals surface area contributed by atoms with Crippen molar-refractivity contribution in [3.05, 3.63) is 29.3 Å². The van der Waals surface area contributed by atoms with Gasteiger partial charge < -0.3 is 4.90 Å². The van der Waals surface area contributed by atoms with Gasteiger partial charge in [-0.2, -0.15) is 0 Å². The molecule has 92 valence electrons. The van der Waals surface area contributed by atoms with E-state index in [0.717, 1.165) is 23.2 Å². The van der Waals surface area contributed by atoms with Crippen LogP contribution in [0.4, 0.5) is 5.69 Å². The molecule has 0 fully saturated rings. The summed E-state index contributed by atoms with van der Waals surface area (Å²) in [6, 6.07) is 6.13. The van der Waals surface area contributed by atoms with Gasteiger partial charge >= 0.3 is 0 Å². The van der Waals surface area contributed by atoms with Gasteiger partial charge in [-0.05, 0) is 23.1 Å². The van der Waals surface area contributed by atoms with Crippen molar-refractivity contribution in [3.8, 4) is 0 Å². The lowest BCUT2D eigenvalue weighted by atomic mass is 9.96. The zero-order chi connectivity index (χ0) is 12.6. The van der Waals surface area contributed by atoms with Crippen LogP contribution in [-0.4, -0.2) is 13.0 Å². The van der Waals surface area contributed by atoms with E-state index in [9.17, 15) is 4.79 Å². The Labute approximate surface area is 108 Å². The van der Waals surface area contributed by atoms with Crippen LogP contribution in [0.15, 0.2) is 18.2 Å². The number of anilines is 1. The predicted molar refractivity (Wildman–Crippen MR) is 71.6 cm³/mol. The number of benzene rings is 1. The Morgan fingerprint density at radius 2 is 2.18 bits per heavy atom. The first-order valence-electron chi connectivity index (χ1n) is 6.08. The second kappa shape index (κ2) is 4.69. The molecule has 0 aliphatic carbocycles. The van der Waals surface area contributed by atoms with E-state index in [2.05, 4.69) is 19.9 Å². The molecule has 1 aromatic rings. The fraction of sp³-hybridized carbons (Fsp3) is 0.500. The van der Waals surface area contributed by atoms with Gasteiger partial charge in [-0.15, -0.1) is 11.6 Å². The highest BCUT2D eigenvalue weighted by Crippen LogP contribution is 2.35. The molecule has 0 saturated carbocycles. The van der Waals surface area contributed by atoms with Gasteiger partial charge in [-0.25, -0.2) is 0 Å². The fourth-order valence-corrected chi connectivity index (χ4v) is 2.51. The Hall–Kier alpha value is -1.02. The van der Waals surface area contributed by atoms with Crippen molar-refractivity contribution in [3.63, 3.8) is 0 Å². The maximum atomic E-state index is 11.6. The summed E-state index contributed by atoms with van der Waals surface area (Å²) in [5.74, 6) is 0.608. The van der Waals surface area contributed by atoms with Crippen LogP contribution >= 0.6 is 11.6 Å². The topological polar surface area (TPSA) is 20.3 Å². The number of halogens is 1. The third-order valence-corrected chi connectivity index (χ3v) is 4.32. The predicted octanol–water partition coefficient (Wildman–Crippen LogP) is 3.53. The van der Waals surface area contributed by atoms with Gasteiger partial charge in [-0.1, -0.05) is 32.4 Å². The smallest absolute Gasteiger partial charge is 0.231 e. The molecule has 2 rings (SSSR count). The third-order valence-electron chi connectivity index (χ3n) is 3.64. The van der Waals surface area contributed by atoms with Gasteiger partial charge in [0.25, 0.3) is 0 Å². The molecule has 2 unspecified atom stereocenters. The highest BCUT2D eigenvalue weighted by molar-refractivity contribution is 6.21. The molecule has 0 aromatic heterocycles. The van der Waals surface area contributed by atoms with E-state index in [0.29, 0.717) is 12.3 Å². The summed E-state index contributed by atoms with van der Waals surface area (Å²) in [5.41, 5.74) is 3.25. The molecule has 0 bridgehead atoms. The molecule has 1 aliphatic heterocycles. The second-order valence-corrected chi connectivity index (χ2v) is 5.28. The minimum absolute atomic E-state index is 0.0336. The minimum atomic E-state index is 0.0336. The molecule has 0 saturated heterocycles. The van der Waals surface area contributed by atoms with E-state index in [1.165, 1.54) is 0 Å². The first-order chi connectivity index (χ1) is 8.04. The number of amides is 1. The van der Waals surface area contributed by atoms with Crippen molar-refractivity contribution in [2.45, 2.75) is 32.1 Å². The molecule has 1 aromatic carbocycles. The monoisotopic (exact) mass is 251 g/mol. The lowest BCUT2D eigenvalue weighted by Gasteiger charge is -2.18. The Morgan fingerprint density at radius 1 is 1.47 bits per heavy atom. The zero-order valence-corrected chi connectivity index (χ0v) is 11.3. The van der Waals surface area contributed by atoms with Crippen LogP contribution in [0.3, 0.4) is 0 Å². The quantitative estimate of drug-likeness (QED) is 0.753. The first kappa shape index (κ1) is 12.4. The molecule has 2 atom stereocenters. The van der Waals surface area contributed by atoms with Gasteiger partial charge in [-0.3, -0.25) is 4.79 Å². The SMILES string of the molecule is CCC(C)C(Cl)c1ccc2c(c1)CC(=O)N2C. The van der Waals surface area contributed by atoms with Crippen molar-refractivity contribution in [1.82, 2.24) is 0 Å². The summed E-state index contributed by atoms with van der Waals surface area (Å²) in [4.78, 5) is 13.3. The lowest BCUT2D eigenvalue weighted by Crippen LogP contribution is -2.20. The normalized spacial score (nSPS) is 18.1. The molecule has 3 heteroatoms. The Kier molecular flexibility index (Phi) is 3.43. The average molecular weight is 252 g/mol. The molecular formula is C14H18ClNO. The number of alkyl halides is 1. The molecule has 1 amide bonds. The van der Waals surface area contributed by atoms with Crippen LogP contribution in [-0.2, 0) is 11.2 Å². The summed E-state index contributed by atoms with van der Waals surface area (Å²) in [6.45, 7) is 4.30. The van der Waals surface area contributed by atoms with E-state index < -0.39 is 0 Å². The Bertz CT molecular complexity index is 444. The maximum absolute atomic E-state index is 11.6. The zero-order valence-electron chi connectivity index (χ0n) is 10.5. The molecule has 0 spiro atoms. The van der Waals surface area contributed by atoms with E-state index in [1.807, 2.05) is 19.2 Å². The third kappa shape index (κ3) is 2.19. The number of hydrogen-bond acceptors (Lipinski definition) is 1. The molecule has 17 heavy (non-hydrogen) atoms. The molecule has 0 N–H and O–H groups in total. The van der Waals surface area contributed by atoms with Crippen LogP contribution < -0.4 is 4.90 Å². The molecule has 1 heterocycles. The van der Waals surface area contributed by atoms with E-state index in [-0.39, 0.29) is 11.3 Å². The summed E-state index contributed by atoms with van der Waals surface area (Å²) in [5, 5.41) is 0.0336. The largest absolute Gasteiger partial charge is 0.315 e. The Morgan fingerprint density at radius 3 is 2.82 bits per heavy atom. The summed E-state index contributed by atoms with van der Waals surface area (Å²) in [7, 11) is 1.82. The maximum Gasteiger partial charge on any atom is 0.231 e. The number of likely N-dealkylation sites (N-methyl/N-ethyl adjacent to an activating group) is 1. The van der Waals surface area contributed by atoms with Gasteiger partial charge in [0.1, 0.15) is 0 Å². The van der Waals surface area contributed by atoms with Crippen LogP contribution in [0.2, 0.25) is 0 Å². The van der Waals surface area contributed by atoms with Gasteiger partial charge in [0.15, 0.2) is 0 Å². The van der Waals surface area contributed by atoms with E-state index in [1.54, 1.807) is 4.90 Å². The van der Waals surface area contributed by atoms with Crippen LogP contribution in [0.25, 0.3) is 0 Å². The minimum Gasteiger partial charge on any atom is -0.315 e. The first-order valence-corrected chi connectivity index (χ1v) is 6.51. The summed E-state index contributed by atoms with van der Waals surface area (Å²) < 4.78 is 0. The van der Waals surface area contributed by atoms with Crippen molar-refractivity contribution in [2.24, 2.45) is 5.92 Å². The summed E-state index contributed by atoms with van der Waals surface area (Å²) in [6.07, 6.45) is 1.56. The van der Waals surface area contributed by atoms with Crippen molar-refractivity contribution >= 4 is 23.2 Å². The van der Waals surface area contributed by atoms with Crippen LogP contribution in [0.5, 0.6) is 0 Å². The average Bonchev–Trinajstić information content (AvgIpc) is 2.62. The van der Waals surface area contributed by atoms with Crippen molar-refractivity contribution < 1.29 is 4.79 Å². The van der Waals surface area contributed by atoms with Crippen molar-refractivity contribution in [1.29, 1.82) is 0 Å². The van der Waals surface area contributed by atoms with Gasteiger partial charge in [0.2, 0.25) is 5.91 Å². The molecule has 0 radical (unpaired) electrons. The van der Waals surface area contributed by atoms with E-state index >= 15 is 0 Å². The van der Waals surface area contributed by atoms with Crippen molar-refractivity contribution in [2.75, 3.05) is 11.9 Å². The number of carbonyl (C=O) groups is 1. The Balaban J connectivity index is 2.30. The summed E-state index contributed by atoms with van der Waals surface area (Å²) >= 11 is 6.43. The van der Waals surface area contributed by atoms with Crippen LogP contribution in [0, 0.1) is 5.92 Å². The number of fused-ring (bicyclic) bond motifs is 1. The highest BCUT2D eigenvalue weighted by Gasteiger charge is 2.25. The fourth-order valence-electron chi connectivity index (χ4n) is 2.20.